The highest BCUT2D eigenvalue weighted by molar-refractivity contribution is 6.30. The largest absolute Gasteiger partial charge is 0.479 e. The van der Waals surface area contributed by atoms with Crippen molar-refractivity contribution in [1.29, 1.82) is 0 Å². The summed E-state index contributed by atoms with van der Waals surface area (Å²) in [5, 5.41) is 0.607. The van der Waals surface area contributed by atoms with Crippen LogP contribution >= 0.6 is 11.6 Å². The van der Waals surface area contributed by atoms with Crippen LogP contribution in [-0.4, -0.2) is 12.1 Å². The topological polar surface area (TPSA) is 44.8 Å². The fourth-order valence-corrected chi connectivity index (χ4v) is 2.49. The number of hydrogen-bond acceptors (Lipinski definition) is 4. The van der Waals surface area contributed by atoms with Crippen molar-refractivity contribution in [2.75, 3.05) is 0 Å². The molecule has 3 rings (SSSR count). The molecular weight excluding hydrogens is 364 g/mol. The van der Waals surface area contributed by atoms with Crippen LogP contribution in [0.2, 0.25) is 5.02 Å². The van der Waals surface area contributed by atoms with Gasteiger partial charge in [-0.25, -0.2) is 4.79 Å². The lowest BCUT2D eigenvalue weighted by atomic mass is 10.2. The molecule has 0 fully saturated rings. The summed E-state index contributed by atoms with van der Waals surface area (Å²) in [6, 6.07) is 23.7. The monoisotopic (exact) mass is 382 g/mol. The highest BCUT2D eigenvalue weighted by Gasteiger charge is 2.16. The number of carbonyl (C=O) groups is 1. The first-order chi connectivity index (χ1) is 13.1. The second-order valence-electron chi connectivity index (χ2n) is 5.88. The second kappa shape index (κ2) is 9.10. The van der Waals surface area contributed by atoms with Crippen LogP contribution in [0.1, 0.15) is 12.5 Å². The third kappa shape index (κ3) is 5.76. The fraction of sp³-hybridized carbons (Fsp3) is 0.136. The van der Waals surface area contributed by atoms with Crippen molar-refractivity contribution in [3.63, 3.8) is 0 Å². The Morgan fingerprint density at radius 3 is 2.33 bits per heavy atom. The standard InChI is InChI=1S/C22H19ClO4/c1-16(26-20-12-10-18(23)11-13-20)22(24)25-15-17-6-5-9-21(14-17)27-19-7-3-2-4-8-19/h2-14,16H,15H2,1H3/t16-/m1/s1. The molecule has 0 N–H and O–H groups in total. The number of esters is 1. The lowest BCUT2D eigenvalue weighted by Crippen LogP contribution is -2.26. The van der Waals surface area contributed by atoms with Gasteiger partial charge in [0.25, 0.3) is 0 Å². The van der Waals surface area contributed by atoms with Crippen LogP contribution in [0.25, 0.3) is 0 Å². The van der Waals surface area contributed by atoms with Gasteiger partial charge in [0.2, 0.25) is 0 Å². The number of halogens is 1. The maximum absolute atomic E-state index is 12.2. The summed E-state index contributed by atoms with van der Waals surface area (Å²) in [5.74, 6) is 1.54. The molecule has 0 aliphatic carbocycles. The summed E-state index contributed by atoms with van der Waals surface area (Å²) in [5.41, 5.74) is 0.829. The highest BCUT2D eigenvalue weighted by atomic mass is 35.5. The number of hydrogen-bond donors (Lipinski definition) is 0. The van der Waals surface area contributed by atoms with E-state index in [0.29, 0.717) is 16.5 Å². The number of ether oxygens (including phenoxy) is 3. The van der Waals surface area contributed by atoms with Gasteiger partial charge in [0, 0.05) is 5.02 Å². The lowest BCUT2D eigenvalue weighted by molar-refractivity contribution is -0.152. The summed E-state index contributed by atoms with van der Waals surface area (Å²) in [7, 11) is 0. The highest BCUT2D eigenvalue weighted by Crippen LogP contribution is 2.22. The Labute approximate surface area is 163 Å². The van der Waals surface area contributed by atoms with Gasteiger partial charge in [-0.15, -0.1) is 0 Å². The van der Waals surface area contributed by atoms with E-state index in [0.717, 1.165) is 11.3 Å². The summed E-state index contributed by atoms with van der Waals surface area (Å²) in [6.07, 6.45) is -0.727. The molecule has 138 valence electrons. The fourth-order valence-electron chi connectivity index (χ4n) is 2.36. The van der Waals surface area contributed by atoms with Crippen LogP contribution in [-0.2, 0) is 16.1 Å². The van der Waals surface area contributed by atoms with Crippen LogP contribution < -0.4 is 9.47 Å². The Kier molecular flexibility index (Phi) is 6.34. The molecule has 3 aromatic rings. The Morgan fingerprint density at radius 1 is 0.889 bits per heavy atom. The van der Waals surface area contributed by atoms with Gasteiger partial charge in [-0.1, -0.05) is 41.9 Å². The molecule has 0 bridgehead atoms. The molecule has 0 spiro atoms. The third-order valence-corrected chi connectivity index (χ3v) is 3.97. The van der Waals surface area contributed by atoms with Crippen molar-refractivity contribution >= 4 is 17.6 Å². The van der Waals surface area contributed by atoms with Crippen LogP contribution in [0.15, 0.2) is 78.9 Å². The van der Waals surface area contributed by atoms with Gasteiger partial charge in [0.15, 0.2) is 6.10 Å². The van der Waals surface area contributed by atoms with E-state index in [9.17, 15) is 4.79 Å². The second-order valence-corrected chi connectivity index (χ2v) is 6.32. The van der Waals surface area contributed by atoms with E-state index >= 15 is 0 Å². The molecule has 4 nitrogen and oxygen atoms in total. The van der Waals surface area contributed by atoms with Crippen molar-refractivity contribution in [2.24, 2.45) is 0 Å². The molecule has 0 unspecified atom stereocenters. The molecule has 0 radical (unpaired) electrons. The predicted molar refractivity (Wildman–Crippen MR) is 104 cm³/mol. The first-order valence-corrected chi connectivity index (χ1v) is 8.88. The molecule has 5 heteroatoms. The average Bonchev–Trinajstić information content (AvgIpc) is 2.69. The molecule has 0 saturated heterocycles. The Morgan fingerprint density at radius 2 is 1.59 bits per heavy atom. The predicted octanol–water partition coefficient (Wildman–Crippen LogP) is 5.64. The van der Waals surface area contributed by atoms with Gasteiger partial charge in [0.05, 0.1) is 0 Å². The molecule has 0 aliphatic heterocycles. The molecule has 1 atom stereocenters. The number of benzene rings is 3. The van der Waals surface area contributed by atoms with Crippen molar-refractivity contribution < 1.29 is 19.0 Å². The minimum Gasteiger partial charge on any atom is -0.479 e. The minimum atomic E-state index is -0.727. The van der Waals surface area contributed by atoms with E-state index in [1.807, 2.05) is 54.6 Å². The van der Waals surface area contributed by atoms with Crippen LogP contribution in [0.5, 0.6) is 17.2 Å². The molecule has 0 aromatic heterocycles. The Bertz CT molecular complexity index is 878. The zero-order valence-corrected chi connectivity index (χ0v) is 15.6. The minimum absolute atomic E-state index is 0.138. The van der Waals surface area contributed by atoms with E-state index in [2.05, 4.69) is 0 Å². The van der Waals surface area contributed by atoms with Crippen LogP contribution in [0.3, 0.4) is 0 Å². The van der Waals surface area contributed by atoms with Crippen LogP contribution in [0.4, 0.5) is 0 Å². The van der Waals surface area contributed by atoms with E-state index in [4.69, 9.17) is 25.8 Å². The van der Waals surface area contributed by atoms with E-state index in [-0.39, 0.29) is 6.61 Å². The summed E-state index contributed by atoms with van der Waals surface area (Å²) in [4.78, 5) is 12.2. The summed E-state index contributed by atoms with van der Waals surface area (Å²) >= 11 is 5.83. The van der Waals surface area contributed by atoms with Gasteiger partial charge in [0.1, 0.15) is 23.9 Å². The number of carbonyl (C=O) groups excluding carboxylic acids is 1. The molecule has 0 amide bonds. The van der Waals surface area contributed by atoms with Gasteiger partial charge >= 0.3 is 5.97 Å². The Balaban J connectivity index is 1.53. The van der Waals surface area contributed by atoms with Crippen molar-refractivity contribution in [3.8, 4) is 17.2 Å². The molecule has 3 aromatic carbocycles. The Hall–Kier alpha value is -2.98. The van der Waals surface area contributed by atoms with E-state index in [1.165, 1.54) is 0 Å². The quantitative estimate of drug-likeness (QED) is 0.496. The zero-order valence-electron chi connectivity index (χ0n) is 14.8. The maximum Gasteiger partial charge on any atom is 0.347 e. The lowest BCUT2D eigenvalue weighted by Gasteiger charge is -2.14. The van der Waals surface area contributed by atoms with Crippen LogP contribution in [0, 0.1) is 0 Å². The zero-order chi connectivity index (χ0) is 19.1. The molecule has 0 saturated carbocycles. The van der Waals surface area contributed by atoms with Gasteiger partial charge in [-0.2, -0.15) is 0 Å². The van der Waals surface area contributed by atoms with Crippen molar-refractivity contribution in [2.45, 2.75) is 19.6 Å². The molecule has 0 aliphatic rings. The number of para-hydroxylation sites is 1. The smallest absolute Gasteiger partial charge is 0.347 e. The molecule has 27 heavy (non-hydrogen) atoms. The van der Waals surface area contributed by atoms with Gasteiger partial charge < -0.3 is 14.2 Å². The first-order valence-electron chi connectivity index (χ1n) is 8.51. The van der Waals surface area contributed by atoms with Crippen molar-refractivity contribution in [3.05, 3.63) is 89.4 Å². The summed E-state index contributed by atoms with van der Waals surface area (Å²) in [6.45, 7) is 1.78. The molecule has 0 heterocycles. The van der Waals surface area contributed by atoms with Crippen molar-refractivity contribution in [1.82, 2.24) is 0 Å². The average molecular weight is 383 g/mol. The summed E-state index contributed by atoms with van der Waals surface area (Å²) < 4.78 is 16.7. The SMILES string of the molecule is C[C@@H](Oc1ccc(Cl)cc1)C(=O)OCc1cccc(Oc2ccccc2)c1. The first kappa shape index (κ1) is 18.8. The number of rotatable bonds is 7. The molecular formula is C22H19ClO4. The maximum atomic E-state index is 12.2. The van der Waals surface area contributed by atoms with E-state index < -0.39 is 12.1 Å². The van der Waals surface area contributed by atoms with Gasteiger partial charge in [-0.3, -0.25) is 0 Å². The van der Waals surface area contributed by atoms with E-state index in [1.54, 1.807) is 31.2 Å². The third-order valence-electron chi connectivity index (χ3n) is 3.72. The van der Waals surface area contributed by atoms with Gasteiger partial charge in [-0.05, 0) is 61.0 Å². The normalized spacial score (nSPS) is 11.5.